The third kappa shape index (κ3) is 3.37. The molecule has 0 saturated heterocycles. The van der Waals surface area contributed by atoms with Gasteiger partial charge >= 0.3 is 10.2 Å². The van der Waals surface area contributed by atoms with Gasteiger partial charge in [-0.2, -0.15) is 8.42 Å². The fourth-order valence-electron chi connectivity index (χ4n) is 1.02. The molecule has 6 heteroatoms. The van der Waals surface area contributed by atoms with E-state index < -0.39 is 22.4 Å². The van der Waals surface area contributed by atoms with E-state index in [-0.39, 0.29) is 11.1 Å². The smallest absolute Gasteiger partial charge is 0.205 e. The molecule has 1 aromatic carbocycles. The van der Waals surface area contributed by atoms with E-state index in [1.807, 2.05) is 0 Å². The highest BCUT2D eigenvalue weighted by Gasteiger charge is 2.12. The third-order valence-electron chi connectivity index (χ3n) is 1.54. The first kappa shape index (κ1) is 11.0. The zero-order chi connectivity index (χ0) is 10.8. The standard InChI is InChI=1S/C8H7F3O2S/c9-8(10)7-3-1-2-6(4-7)5-14(11,12)13/h1-4,8H,5H2. The number of alkyl halides is 2. The molecule has 0 saturated carbocycles. The topological polar surface area (TPSA) is 34.1 Å². The van der Waals surface area contributed by atoms with Crippen LogP contribution in [0.1, 0.15) is 17.6 Å². The first-order valence-electron chi connectivity index (χ1n) is 3.68. The number of benzene rings is 1. The largest absolute Gasteiger partial charge is 0.306 e. The van der Waals surface area contributed by atoms with Crippen molar-refractivity contribution >= 4 is 10.2 Å². The summed E-state index contributed by atoms with van der Waals surface area (Å²) in [6, 6.07) is 4.67. The van der Waals surface area contributed by atoms with Crippen molar-refractivity contribution < 1.29 is 21.1 Å². The molecule has 0 N–H and O–H groups in total. The molecule has 0 heterocycles. The Morgan fingerprint density at radius 2 is 1.93 bits per heavy atom. The maximum atomic E-state index is 12.2. The van der Waals surface area contributed by atoms with E-state index in [9.17, 15) is 21.1 Å². The number of hydrogen-bond acceptors (Lipinski definition) is 2. The van der Waals surface area contributed by atoms with Crippen LogP contribution in [0.2, 0.25) is 0 Å². The first-order chi connectivity index (χ1) is 6.38. The SMILES string of the molecule is O=S(=O)(F)Cc1cccc(C(F)F)c1. The van der Waals surface area contributed by atoms with Crippen LogP contribution >= 0.6 is 0 Å². The summed E-state index contributed by atoms with van der Waals surface area (Å²) >= 11 is 0. The van der Waals surface area contributed by atoms with E-state index in [4.69, 9.17) is 0 Å². The molecule has 0 aliphatic carbocycles. The quantitative estimate of drug-likeness (QED) is 0.739. The van der Waals surface area contributed by atoms with Gasteiger partial charge in [-0.3, -0.25) is 0 Å². The lowest BCUT2D eigenvalue weighted by atomic mass is 10.1. The lowest BCUT2D eigenvalue weighted by Crippen LogP contribution is -1.97. The number of halogens is 3. The molecule has 0 aliphatic heterocycles. The van der Waals surface area contributed by atoms with Gasteiger partial charge in [0.15, 0.2) is 0 Å². The molecule has 0 spiro atoms. The van der Waals surface area contributed by atoms with E-state index in [0.717, 1.165) is 12.1 Å². The van der Waals surface area contributed by atoms with Crippen molar-refractivity contribution in [2.24, 2.45) is 0 Å². The predicted octanol–water partition coefficient (Wildman–Crippen LogP) is 2.42. The van der Waals surface area contributed by atoms with E-state index >= 15 is 0 Å². The average Bonchev–Trinajstić information content (AvgIpc) is 2.01. The normalized spacial score (nSPS) is 12.0. The molecule has 0 fully saturated rings. The summed E-state index contributed by atoms with van der Waals surface area (Å²) in [4.78, 5) is 0. The van der Waals surface area contributed by atoms with Gasteiger partial charge < -0.3 is 0 Å². The predicted molar refractivity (Wildman–Crippen MR) is 45.1 cm³/mol. The Morgan fingerprint density at radius 1 is 1.29 bits per heavy atom. The maximum Gasteiger partial charge on any atom is 0.306 e. The Kier molecular flexibility index (Phi) is 3.15. The molecule has 0 aromatic heterocycles. The Balaban J connectivity index is 2.95. The van der Waals surface area contributed by atoms with Gasteiger partial charge in [0.2, 0.25) is 0 Å². The highest BCUT2D eigenvalue weighted by atomic mass is 32.3. The van der Waals surface area contributed by atoms with Crippen molar-refractivity contribution in [3.8, 4) is 0 Å². The molecular formula is C8H7F3O2S. The molecule has 78 valence electrons. The lowest BCUT2D eigenvalue weighted by molar-refractivity contribution is 0.151. The minimum atomic E-state index is -4.66. The molecule has 0 amide bonds. The van der Waals surface area contributed by atoms with Crippen molar-refractivity contribution in [1.82, 2.24) is 0 Å². The Bertz CT molecular complexity index is 414. The van der Waals surface area contributed by atoms with Crippen molar-refractivity contribution in [3.05, 3.63) is 35.4 Å². The zero-order valence-electron chi connectivity index (χ0n) is 6.95. The van der Waals surface area contributed by atoms with E-state index in [1.165, 1.54) is 12.1 Å². The summed E-state index contributed by atoms with van der Waals surface area (Å²) in [6.07, 6.45) is -2.68. The highest BCUT2D eigenvalue weighted by molar-refractivity contribution is 7.85. The molecular weight excluding hydrogens is 217 g/mol. The van der Waals surface area contributed by atoms with Gasteiger partial charge in [-0.05, 0) is 11.6 Å². The summed E-state index contributed by atoms with van der Waals surface area (Å²) in [5, 5.41) is 0. The van der Waals surface area contributed by atoms with Gasteiger partial charge in [-0.25, -0.2) is 8.78 Å². The molecule has 0 unspecified atom stereocenters. The summed E-state index contributed by atoms with van der Waals surface area (Å²) in [7, 11) is -4.66. The van der Waals surface area contributed by atoms with Crippen LogP contribution in [-0.2, 0) is 16.0 Å². The van der Waals surface area contributed by atoms with Gasteiger partial charge in [0.1, 0.15) is 5.75 Å². The number of hydrogen-bond donors (Lipinski definition) is 0. The summed E-state index contributed by atoms with van der Waals surface area (Å²) < 4.78 is 56.9. The lowest BCUT2D eigenvalue weighted by Gasteiger charge is -2.01. The van der Waals surface area contributed by atoms with Crippen LogP contribution in [0.5, 0.6) is 0 Å². The van der Waals surface area contributed by atoms with Crippen molar-refractivity contribution in [1.29, 1.82) is 0 Å². The summed E-state index contributed by atoms with van der Waals surface area (Å²) in [6.45, 7) is 0. The Hall–Kier alpha value is -1.04. The molecule has 0 bridgehead atoms. The van der Waals surface area contributed by atoms with Gasteiger partial charge in [0.25, 0.3) is 6.43 Å². The van der Waals surface area contributed by atoms with Crippen LogP contribution < -0.4 is 0 Å². The molecule has 0 radical (unpaired) electrons. The average molecular weight is 224 g/mol. The second-order valence-corrected chi connectivity index (χ2v) is 4.10. The minimum absolute atomic E-state index is 0.0188. The van der Waals surface area contributed by atoms with Crippen LogP contribution in [0, 0.1) is 0 Å². The summed E-state index contributed by atoms with van der Waals surface area (Å²) in [5.74, 6) is -0.867. The fraction of sp³-hybridized carbons (Fsp3) is 0.250. The molecule has 1 rings (SSSR count). The minimum Gasteiger partial charge on any atom is -0.205 e. The molecule has 0 aliphatic rings. The van der Waals surface area contributed by atoms with Crippen LogP contribution in [-0.4, -0.2) is 8.42 Å². The van der Waals surface area contributed by atoms with Crippen molar-refractivity contribution in [2.75, 3.05) is 0 Å². The van der Waals surface area contributed by atoms with Crippen LogP contribution in [0.4, 0.5) is 12.7 Å². The zero-order valence-corrected chi connectivity index (χ0v) is 7.77. The highest BCUT2D eigenvalue weighted by Crippen LogP contribution is 2.20. The second-order valence-electron chi connectivity index (χ2n) is 2.73. The second kappa shape index (κ2) is 4.00. The van der Waals surface area contributed by atoms with E-state index in [0.29, 0.717) is 0 Å². The molecule has 2 nitrogen and oxygen atoms in total. The molecule has 14 heavy (non-hydrogen) atoms. The first-order valence-corrected chi connectivity index (χ1v) is 5.23. The van der Waals surface area contributed by atoms with Crippen molar-refractivity contribution in [3.63, 3.8) is 0 Å². The van der Waals surface area contributed by atoms with Gasteiger partial charge in [-0.15, -0.1) is 3.89 Å². The number of rotatable bonds is 3. The third-order valence-corrected chi connectivity index (χ3v) is 2.22. The van der Waals surface area contributed by atoms with Gasteiger partial charge in [0, 0.05) is 5.56 Å². The fourth-order valence-corrected chi connectivity index (χ4v) is 1.60. The van der Waals surface area contributed by atoms with Crippen molar-refractivity contribution in [2.45, 2.75) is 12.2 Å². The van der Waals surface area contributed by atoms with Crippen LogP contribution in [0.15, 0.2) is 24.3 Å². The molecule has 0 atom stereocenters. The Morgan fingerprint density at radius 3 is 2.43 bits per heavy atom. The maximum absolute atomic E-state index is 12.2. The Labute approximate surface area is 79.6 Å². The van der Waals surface area contributed by atoms with Gasteiger partial charge in [-0.1, -0.05) is 18.2 Å². The summed E-state index contributed by atoms with van der Waals surface area (Å²) in [5.41, 5.74) is -0.295. The van der Waals surface area contributed by atoms with E-state index in [2.05, 4.69) is 0 Å². The van der Waals surface area contributed by atoms with Gasteiger partial charge in [0.05, 0.1) is 0 Å². The monoisotopic (exact) mass is 224 g/mol. The van der Waals surface area contributed by atoms with Crippen LogP contribution in [0.3, 0.4) is 0 Å². The van der Waals surface area contributed by atoms with Crippen LogP contribution in [0.25, 0.3) is 0 Å². The van der Waals surface area contributed by atoms with E-state index in [1.54, 1.807) is 0 Å². The molecule has 1 aromatic rings.